The van der Waals surface area contributed by atoms with Gasteiger partial charge in [0, 0.05) is 30.5 Å². The van der Waals surface area contributed by atoms with Gasteiger partial charge in [0.1, 0.15) is 4.88 Å². The van der Waals surface area contributed by atoms with Crippen LogP contribution in [0, 0.1) is 13.8 Å². The number of esters is 1. The number of nitrogens with zero attached hydrogens (tertiary/aromatic N) is 3. The Bertz CT molecular complexity index is 1140. The zero-order chi connectivity index (χ0) is 23.3. The molecule has 3 aromatic rings. The fourth-order valence-electron chi connectivity index (χ4n) is 2.86. The third-order valence-corrected chi connectivity index (χ3v) is 5.34. The summed E-state index contributed by atoms with van der Waals surface area (Å²) in [5, 5.41) is 9.61. The van der Waals surface area contributed by atoms with E-state index < -0.39 is 12.0 Å². The van der Waals surface area contributed by atoms with Crippen LogP contribution in [0.25, 0.3) is 11.4 Å². The number of hydrogen-bond donors (Lipinski definition) is 2. The van der Waals surface area contributed by atoms with Gasteiger partial charge in [0.25, 0.3) is 5.91 Å². The molecule has 0 saturated heterocycles. The van der Waals surface area contributed by atoms with E-state index in [1.54, 1.807) is 52.0 Å². The number of anilines is 1. The van der Waals surface area contributed by atoms with E-state index in [4.69, 9.17) is 9.26 Å². The van der Waals surface area contributed by atoms with Crippen LogP contribution in [0.4, 0.5) is 5.13 Å². The maximum absolute atomic E-state index is 12.6. The van der Waals surface area contributed by atoms with Crippen LogP contribution >= 0.6 is 11.3 Å². The number of aromatic nitrogens is 3. The number of hydrogen-bond acceptors (Lipinski definition) is 9. The van der Waals surface area contributed by atoms with Crippen LogP contribution in [0.1, 0.15) is 51.9 Å². The summed E-state index contributed by atoms with van der Waals surface area (Å²) in [5.41, 5.74) is 1.55. The molecule has 168 valence electrons. The van der Waals surface area contributed by atoms with Crippen LogP contribution in [0.5, 0.6) is 0 Å². The van der Waals surface area contributed by atoms with Crippen molar-refractivity contribution in [3.63, 3.8) is 0 Å². The zero-order valence-corrected chi connectivity index (χ0v) is 18.9. The van der Waals surface area contributed by atoms with E-state index in [0.29, 0.717) is 38.5 Å². The number of benzene rings is 1. The fraction of sp³-hybridized carbons (Fsp3) is 0.333. The van der Waals surface area contributed by atoms with E-state index in [-0.39, 0.29) is 24.8 Å². The van der Waals surface area contributed by atoms with Crippen LogP contribution in [0.2, 0.25) is 0 Å². The first-order valence-electron chi connectivity index (χ1n) is 9.92. The van der Waals surface area contributed by atoms with Crippen LogP contribution in [-0.2, 0) is 9.53 Å². The number of nitrogens with one attached hydrogen (secondary N) is 2. The van der Waals surface area contributed by atoms with Crippen molar-refractivity contribution in [3.8, 4) is 11.4 Å². The Morgan fingerprint density at radius 2 is 2.00 bits per heavy atom. The molecule has 0 aliphatic carbocycles. The lowest BCUT2D eigenvalue weighted by Crippen LogP contribution is -2.35. The minimum absolute atomic E-state index is 0.0306. The van der Waals surface area contributed by atoms with Crippen molar-refractivity contribution in [2.24, 2.45) is 0 Å². The average molecular weight is 458 g/mol. The molecule has 1 atom stereocenters. The number of carbonyl (C=O) groups is 3. The molecule has 11 heteroatoms. The second kappa shape index (κ2) is 10.1. The van der Waals surface area contributed by atoms with E-state index in [1.165, 1.54) is 0 Å². The Morgan fingerprint density at radius 3 is 2.69 bits per heavy atom. The number of amides is 2. The van der Waals surface area contributed by atoms with Crippen LogP contribution in [-0.4, -0.2) is 45.6 Å². The summed E-state index contributed by atoms with van der Waals surface area (Å²) in [6.07, 6.45) is 0.0306. The molecule has 0 saturated carbocycles. The summed E-state index contributed by atoms with van der Waals surface area (Å²) in [5.74, 6) is -0.313. The van der Waals surface area contributed by atoms with E-state index in [1.807, 2.05) is 0 Å². The first kappa shape index (κ1) is 23.1. The first-order chi connectivity index (χ1) is 15.3. The van der Waals surface area contributed by atoms with Gasteiger partial charge in [-0.05, 0) is 32.9 Å². The number of aryl methyl sites for hydroxylation is 2. The lowest BCUT2D eigenvalue weighted by atomic mass is 10.1. The predicted molar refractivity (Wildman–Crippen MR) is 117 cm³/mol. The van der Waals surface area contributed by atoms with Crippen molar-refractivity contribution in [2.45, 2.75) is 40.2 Å². The van der Waals surface area contributed by atoms with Crippen molar-refractivity contribution in [1.29, 1.82) is 0 Å². The van der Waals surface area contributed by atoms with Crippen molar-refractivity contribution in [1.82, 2.24) is 20.4 Å². The SMILES string of the molecule is CCOC(=O)c1sc(NC(=O)C[C@H](C)NC(=O)c2cccc(-c3noc(C)n3)c2)nc1C. The minimum Gasteiger partial charge on any atom is -0.462 e. The molecule has 10 nitrogen and oxygen atoms in total. The monoisotopic (exact) mass is 457 g/mol. The smallest absolute Gasteiger partial charge is 0.350 e. The van der Waals surface area contributed by atoms with Crippen LogP contribution in [0.15, 0.2) is 28.8 Å². The van der Waals surface area contributed by atoms with Gasteiger partial charge in [0.15, 0.2) is 5.13 Å². The lowest BCUT2D eigenvalue weighted by Gasteiger charge is -2.13. The van der Waals surface area contributed by atoms with Gasteiger partial charge in [-0.15, -0.1) is 0 Å². The number of carbonyl (C=O) groups excluding carboxylic acids is 3. The minimum atomic E-state index is -0.471. The van der Waals surface area contributed by atoms with Crippen molar-refractivity contribution in [2.75, 3.05) is 11.9 Å². The number of ether oxygens (including phenoxy) is 1. The molecule has 1 aromatic carbocycles. The Kier molecular flexibility index (Phi) is 7.31. The topological polar surface area (TPSA) is 136 Å². The van der Waals surface area contributed by atoms with Gasteiger partial charge in [0.05, 0.1) is 12.3 Å². The predicted octanol–water partition coefficient (Wildman–Crippen LogP) is 3.13. The number of thiazole rings is 1. The average Bonchev–Trinajstić information content (AvgIpc) is 3.33. The van der Waals surface area contributed by atoms with Gasteiger partial charge < -0.3 is 19.9 Å². The van der Waals surface area contributed by atoms with E-state index in [0.717, 1.165) is 11.3 Å². The zero-order valence-electron chi connectivity index (χ0n) is 18.1. The number of rotatable bonds is 8. The normalized spacial score (nSPS) is 11.6. The Hall–Kier alpha value is -3.60. The molecule has 0 fully saturated rings. The fourth-order valence-corrected chi connectivity index (χ4v) is 3.73. The summed E-state index contributed by atoms with van der Waals surface area (Å²) in [6.45, 7) is 7.05. The Balaban J connectivity index is 1.57. The molecule has 2 heterocycles. The van der Waals surface area contributed by atoms with E-state index in [9.17, 15) is 14.4 Å². The standard InChI is InChI=1S/C21H23N5O5S/c1-5-30-20(29)17-12(3)23-21(32-17)25-16(27)9-11(2)22-19(28)15-8-6-7-14(10-15)18-24-13(4)31-26-18/h6-8,10-11H,5,9H2,1-4H3,(H,22,28)(H,23,25,27)/t11-/m0/s1. The molecule has 0 aliphatic rings. The summed E-state index contributed by atoms with van der Waals surface area (Å²) < 4.78 is 9.95. The third kappa shape index (κ3) is 5.76. The molecule has 0 radical (unpaired) electrons. The molecule has 0 bridgehead atoms. The van der Waals surface area contributed by atoms with E-state index >= 15 is 0 Å². The van der Waals surface area contributed by atoms with Gasteiger partial charge in [-0.3, -0.25) is 9.59 Å². The summed E-state index contributed by atoms with van der Waals surface area (Å²) in [4.78, 5) is 45.5. The molecule has 2 aromatic heterocycles. The highest BCUT2D eigenvalue weighted by atomic mass is 32.1. The second-order valence-corrected chi connectivity index (χ2v) is 8.00. The third-order valence-electron chi connectivity index (χ3n) is 4.28. The Morgan fingerprint density at radius 1 is 1.22 bits per heavy atom. The molecule has 2 N–H and O–H groups in total. The second-order valence-electron chi connectivity index (χ2n) is 7.00. The highest BCUT2D eigenvalue weighted by molar-refractivity contribution is 7.17. The largest absolute Gasteiger partial charge is 0.462 e. The quantitative estimate of drug-likeness (QED) is 0.492. The van der Waals surface area contributed by atoms with Crippen molar-refractivity contribution in [3.05, 3.63) is 46.3 Å². The molecular weight excluding hydrogens is 434 g/mol. The van der Waals surface area contributed by atoms with Crippen LogP contribution in [0.3, 0.4) is 0 Å². The lowest BCUT2D eigenvalue weighted by molar-refractivity contribution is -0.116. The maximum Gasteiger partial charge on any atom is 0.350 e. The van der Waals surface area contributed by atoms with Gasteiger partial charge >= 0.3 is 5.97 Å². The molecule has 32 heavy (non-hydrogen) atoms. The molecular formula is C21H23N5O5S. The van der Waals surface area contributed by atoms with Crippen molar-refractivity contribution >= 4 is 34.3 Å². The van der Waals surface area contributed by atoms with Crippen LogP contribution < -0.4 is 10.6 Å². The highest BCUT2D eigenvalue weighted by Crippen LogP contribution is 2.23. The van der Waals surface area contributed by atoms with Crippen molar-refractivity contribution < 1.29 is 23.6 Å². The molecule has 0 spiro atoms. The van der Waals surface area contributed by atoms with Gasteiger partial charge in [0.2, 0.25) is 17.6 Å². The van der Waals surface area contributed by atoms with Gasteiger partial charge in [-0.25, -0.2) is 9.78 Å². The van der Waals surface area contributed by atoms with Gasteiger partial charge in [-0.2, -0.15) is 4.98 Å². The first-order valence-corrected chi connectivity index (χ1v) is 10.7. The summed E-state index contributed by atoms with van der Waals surface area (Å²) in [6, 6.07) is 6.37. The summed E-state index contributed by atoms with van der Waals surface area (Å²) >= 11 is 1.05. The maximum atomic E-state index is 12.6. The molecule has 3 rings (SSSR count). The Labute approximate surface area is 188 Å². The van der Waals surface area contributed by atoms with E-state index in [2.05, 4.69) is 25.8 Å². The highest BCUT2D eigenvalue weighted by Gasteiger charge is 2.19. The molecule has 2 amide bonds. The molecule has 0 unspecified atom stereocenters. The summed E-state index contributed by atoms with van der Waals surface area (Å²) in [7, 11) is 0. The van der Waals surface area contributed by atoms with Gasteiger partial charge in [-0.1, -0.05) is 28.6 Å². The molecule has 0 aliphatic heterocycles.